The number of aliphatic carboxylic acids is 1. The molecule has 0 radical (unpaired) electrons. The summed E-state index contributed by atoms with van der Waals surface area (Å²) in [4.78, 5) is 22.6. The molecule has 3 unspecified atom stereocenters. The number of aliphatic hydroxyl groups excluding tert-OH is 1. The summed E-state index contributed by atoms with van der Waals surface area (Å²) in [7, 11) is 0. The number of carboxylic acids is 1. The van der Waals surface area contributed by atoms with Gasteiger partial charge in [0.1, 0.15) is 11.6 Å². The normalized spacial score (nSPS) is 23.4. The molecule has 1 saturated carbocycles. The largest absolute Gasteiger partial charge is 0.481 e. The van der Waals surface area contributed by atoms with Crippen molar-refractivity contribution in [2.75, 3.05) is 0 Å². The summed E-state index contributed by atoms with van der Waals surface area (Å²) in [5, 5.41) is 18.8. The van der Waals surface area contributed by atoms with Gasteiger partial charge >= 0.3 is 5.97 Å². The highest BCUT2D eigenvalue weighted by Gasteiger charge is 2.39. The first-order chi connectivity index (χ1) is 12.0. The Balaban J connectivity index is 1.86. The van der Waals surface area contributed by atoms with Gasteiger partial charge in [0.25, 0.3) is 0 Å². The first-order valence-electron chi connectivity index (χ1n) is 8.83. The van der Waals surface area contributed by atoms with Gasteiger partial charge in [0.05, 0.1) is 6.10 Å². The molecule has 1 aromatic carbocycles. The van der Waals surface area contributed by atoms with Crippen molar-refractivity contribution in [1.82, 2.24) is 0 Å². The van der Waals surface area contributed by atoms with E-state index in [1.807, 2.05) is 12.2 Å². The summed E-state index contributed by atoms with van der Waals surface area (Å²) in [6.07, 6.45) is 7.33. The lowest BCUT2D eigenvalue weighted by atomic mass is 9.88. The maximum Gasteiger partial charge on any atom is 0.303 e. The topological polar surface area (TPSA) is 74.6 Å². The zero-order valence-corrected chi connectivity index (χ0v) is 14.2. The summed E-state index contributed by atoms with van der Waals surface area (Å²) >= 11 is 0. The van der Waals surface area contributed by atoms with Crippen LogP contribution in [0.15, 0.2) is 30.3 Å². The SMILES string of the molecule is O=C(O)CCCCCCC1C(=O)CC(O)C1C=Cc1ccc(F)cc1. The van der Waals surface area contributed by atoms with Crippen molar-refractivity contribution < 1.29 is 24.2 Å². The molecular weight excluding hydrogens is 323 g/mol. The van der Waals surface area contributed by atoms with Crippen molar-refractivity contribution in [1.29, 1.82) is 0 Å². The van der Waals surface area contributed by atoms with Crippen LogP contribution in [0.2, 0.25) is 0 Å². The number of hydrogen-bond acceptors (Lipinski definition) is 3. The quantitative estimate of drug-likeness (QED) is 0.665. The van der Waals surface area contributed by atoms with Crippen LogP contribution in [0.3, 0.4) is 0 Å². The molecule has 4 nitrogen and oxygen atoms in total. The van der Waals surface area contributed by atoms with Gasteiger partial charge in [-0.2, -0.15) is 0 Å². The molecule has 1 aliphatic carbocycles. The van der Waals surface area contributed by atoms with Crippen LogP contribution in [-0.4, -0.2) is 28.1 Å². The number of carbonyl (C=O) groups is 2. The van der Waals surface area contributed by atoms with E-state index in [4.69, 9.17) is 5.11 Å². The van der Waals surface area contributed by atoms with E-state index in [0.717, 1.165) is 24.8 Å². The van der Waals surface area contributed by atoms with Crippen LogP contribution in [-0.2, 0) is 9.59 Å². The molecule has 0 bridgehead atoms. The van der Waals surface area contributed by atoms with E-state index < -0.39 is 12.1 Å². The van der Waals surface area contributed by atoms with Gasteiger partial charge in [-0.1, -0.05) is 43.5 Å². The van der Waals surface area contributed by atoms with Crippen LogP contribution >= 0.6 is 0 Å². The Bertz CT molecular complexity index is 609. The Morgan fingerprint density at radius 3 is 2.52 bits per heavy atom. The van der Waals surface area contributed by atoms with Crippen molar-refractivity contribution in [2.24, 2.45) is 11.8 Å². The van der Waals surface area contributed by atoms with E-state index in [1.165, 1.54) is 12.1 Å². The molecule has 1 fully saturated rings. The molecule has 136 valence electrons. The minimum Gasteiger partial charge on any atom is -0.481 e. The number of carboxylic acid groups (broad SMARTS) is 1. The standard InChI is InChI=1S/C20H25FO4/c21-15-10-7-14(8-11-15)9-12-17-16(18(22)13-19(17)23)5-3-1-2-4-6-20(24)25/h7-12,16-17,19,23H,1-6,13H2,(H,24,25). The predicted octanol–water partition coefficient (Wildman–Crippen LogP) is 3.83. The minimum absolute atomic E-state index is 0.0896. The van der Waals surface area contributed by atoms with E-state index in [0.29, 0.717) is 12.8 Å². The smallest absolute Gasteiger partial charge is 0.303 e. The number of benzene rings is 1. The third kappa shape index (κ3) is 6.09. The zero-order chi connectivity index (χ0) is 18.2. The van der Waals surface area contributed by atoms with Gasteiger partial charge in [0.15, 0.2) is 0 Å². The van der Waals surface area contributed by atoms with Crippen LogP contribution in [0.5, 0.6) is 0 Å². The average molecular weight is 348 g/mol. The lowest BCUT2D eigenvalue weighted by Crippen LogP contribution is -2.18. The second-order valence-electron chi connectivity index (χ2n) is 6.68. The third-order valence-corrected chi connectivity index (χ3v) is 4.77. The molecule has 5 heteroatoms. The van der Waals surface area contributed by atoms with Gasteiger partial charge in [0, 0.05) is 24.7 Å². The number of aliphatic hydroxyl groups is 1. The van der Waals surface area contributed by atoms with E-state index in [1.54, 1.807) is 12.1 Å². The number of halogens is 1. The van der Waals surface area contributed by atoms with E-state index in [2.05, 4.69) is 0 Å². The second-order valence-corrected chi connectivity index (χ2v) is 6.68. The Labute approximate surface area is 147 Å². The number of carbonyl (C=O) groups excluding carboxylic acids is 1. The molecule has 25 heavy (non-hydrogen) atoms. The van der Waals surface area contributed by atoms with E-state index >= 15 is 0 Å². The van der Waals surface area contributed by atoms with Gasteiger partial charge in [-0.25, -0.2) is 4.39 Å². The minimum atomic E-state index is -0.778. The van der Waals surface area contributed by atoms with Gasteiger partial charge in [-0.15, -0.1) is 0 Å². The molecule has 1 aliphatic rings. The Hall–Kier alpha value is -2.01. The molecule has 0 heterocycles. The van der Waals surface area contributed by atoms with Gasteiger partial charge in [-0.3, -0.25) is 9.59 Å². The molecule has 0 saturated heterocycles. The maximum absolute atomic E-state index is 12.9. The average Bonchev–Trinajstić information content (AvgIpc) is 2.83. The lowest BCUT2D eigenvalue weighted by molar-refractivity contribution is -0.137. The molecule has 2 rings (SSSR count). The number of unbranched alkanes of at least 4 members (excludes halogenated alkanes) is 3. The van der Waals surface area contributed by atoms with Crippen LogP contribution in [0.1, 0.15) is 50.5 Å². The highest BCUT2D eigenvalue weighted by Crippen LogP contribution is 2.34. The highest BCUT2D eigenvalue weighted by atomic mass is 19.1. The highest BCUT2D eigenvalue weighted by molar-refractivity contribution is 5.84. The molecular formula is C20H25FO4. The predicted molar refractivity (Wildman–Crippen MR) is 93.4 cm³/mol. The summed E-state index contributed by atoms with van der Waals surface area (Å²) in [6.45, 7) is 0. The summed E-state index contributed by atoms with van der Waals surface area (Å²) < 4.78 is 12.9. The van der Waals surface area contributed by atoms with Crippen LogP contribution in [0.25, 0.3) is 6.08 Å². The number of rotatable bonds is 9. The number of ketones is 1. The van der Waals surface area contributed by atoms with Crippen molar-refractivity contribution in [3.05, 3.63) is 41.7 Å². The Kier molecular flexibility index (Phi) is 7.31. The Morgan fingerprint density at radius 1 is 1.16 bits per heavy atom. The summed E-state index contributed by atoms with van der Waals surface area (Å²) in [5.41, 5.74) is 0.834. The first kappa shape index (κ1) is 19.3. The maximum atomic E-state index is 12.9. The Morgan fingerprint density at radius 2 is 1.84 bits per heavy atom. The number of hydrogen-bond donors (Lipinski definition) is 2. The van der Waals surface area contributed by atoms with Gasteiger partial charge in [-0.05, 0) is 30.5 Å². The molecule has 0 amide bonds. The van der Waals surface area contributed by atoms with Crippen molar-refractivity contribution in [3.63, 3.8) is 0 Å². The molecule has 2 N–H and O–H groups in total. The molecule has 0 aromatic heterocycles. The fourth-order valence-electron chi connectivity index (χ4n) is 3.38. The monoisotopic (exact) mass is 348 g/mol. The summed E-state index contributed by atoms with van der Waals surface area (Å²) in [5.74, 6) is -1.39. The van der Waals surface area contributed by atoms with Crippen LogP contribution < -0.4 is 0 Å². The van der Waals surface area contributed by atoms with Crippen molar-refractivity contribution >= 4 is 17.8 Å². The third-order valence-electron chi connectivity index (χ3n) is 4.77. The number of Topliss-reactive ketones (excluding diaryl/α,β-unsaturated/α-hetero) is 1. The van der Waals surface area contributed by atoms with E-state index in [9.17, 15) is 19.1 Å². The first-order valence-corrected chi connectivity index (χ1v) is 8.83. The molecule has 0 spiro atoms. The van der Waals surface area contributed by atoms with Crippen molar-refractivity contribution in [2.45, 2.75) is 51.0 Å². The van der Waals surface area contributed by atoms with Crippen molar-refractivity contribution in [3.8, 4) is 0 Å². The van der Waals surface area contributed by atoms with Crippen LogP contribution in [0.4, 0.5) is 4.39 Å². The second kappa shape index (κ2) is 9.47. The zero-order valence-electron chi connectivity index (χ0n) is 14.2. The van der Waals surface area contributed by atoms with Gasteiger partial charge < -0.3 is 10.2 Å². The van der Waals surface area contributed by atoms with Gasteiger partial charge in [0.2, 0.25) is 0 Å². The lowest BCUT2D eigenvalue weighted by Gasteiger charge is -2.17. The van der Waals surface area contributed by atoms with E-state index in [-0.39, 0.29) is 36.3 Å². The molecule has 1 aromatic rings. The molecule has 0 aliphatic heterocycles. The fraction of sp³-hybridized carbons (Fsp3) is 0.500. The fourth-order valence-corrected chi connectivity index (χ4v) is 3.38. The molecule has 3 atom stereocenters. The summed E-state index contributed by atoms with van der Waals surface area (Å²) in [6, 6.07) is 6.08. The van der Waals surface area contributed by atoms with Crippen LogP contribution in [0, 0.1) is 17.7 Å².